The molecule has 0 saturated carbocycles. The summed E-state index contributed by atoms with van der Waals surface area (Å²) in [5, 5.41) is 0. The van der Waals surface area contributed by atoms with Crippen molar-refractivity contribution in [2.75, 3.05) is 12.3 Å². The molecular weight excluding hydrogens is 238 g/mol. The van der Waals surface area contributed by atoms with Gasteiger partial charge in [-0.2, -0.15) is 8.42 Å². The highest BCUT2D eigenvalue weighted by Gasteiger charge is 2.13. The van der Waals surface area contributed by atoms with E-state index in [1.54, 1.807) is 13.0 Å². The molecule has 0 radical (unpaired) electrons. The summed E-state index contributed by atoms with van der Waals surface area (Å²) in [6, 6.07) is 9.24. The van der Waals surface area contributed by atoms with Gasteiger partial charge in [0.25, 0.3) is 10.1 Å². The van der Waals surface area contributed by atoms with Gasteiger partial charge in [0.15, 0.2) is 0 Å². The lowest BCUT2D eigenvalue weighted by atomic mass is 10.0. The number of hydrogen-bond acceptors (Lipinski definition) is 3. The van der Waals surface area contributed by atoms with E-state index in [1.807, 2.05) is 30.3 Å². The Balaban J connectivity index is 0.000000557. The van der Waals surface area contributed by atoms with Gasteiger partial charge >= 0.3 is 0 Å². The SMILES string of the molecule is C=CCN.CC(CS(=O)(=O)O)c1ccccc1. The van der Waals surface area contributed by atoms with Gasteiger partial charge in [-0.25, -0.2) is 0 Å². The highest BCUT2D eigenvalue weighted by Crippen LogP contribution is 2.15. The summed E-state index contributed by atoms with van der Waals surface area (Å²) < 4.78 is 29.8. The zero-order valence-corrected chi connectivity index (χ0v) is 10.7. The minimum absolute atomic E-state index is 0.170. The fourth-order valence-electron chi connectivity index (χ4n) is 1.19. The maximum absolute atomic E-state index is 10.6. The van der Waals surface area contributed by atoms with Crippen molar-refractivity contribution in [2.24, 2.45) is 5.73 Å². The first-order valence-corrected chi connectivity index (χ1v) is 6.82. The normalized spacial score (nSPS) is 12.2. The maximum Gasteiger partial charge on any atom is 0.265 e. The van der Waals surface area contributed by atoms with Gasteiger partial charge in [-0.3, -0.25) is 4.55 Å². The molecule has 96 valence electrons. The molecule has 1 aromatic carbocycles. The van der Waals surface area contributed by atoms with E-state index in [9.17, 15) is 8.42 Å². The van der Waals surface area contributed by atoms with Crippen LogP contribution in [0.25, 0.3) is 0 Å². The number of rotatable bonds is 4. The van der Waals surface area contributed by atoms with Crippen LogP contribution in [0.1, 0.15) is 18.4 Å². The van der Waals surface area contributed by atoms with Crippen molar-refractivity contribution in [3.05, 3.63) is 48.6 Å². The van der Waals surface area contributed by atoms with E-state index >= 15 is 0 Å². The van der Waals surface area contributed by atoms with Crippen LogP contribution in [0.2, 0.25) is 0 Å². The largest absolute Gasteiger partial charge is 0.327 e. The molecular formula is C12H19NO3S. The number of hydrogen-bond donors (Lipinski definition) is 2. The first kappa shape index (κ1) is 15.8. The highest BCUT2D eigenvalue weighted by atomic mass is 32.2. The van der Waals surface area contributed by atoms with Crippen LogP contribution in [-0.4, -0.2) is 25.3 Å². The van der Waals surface area contributed by atoms with Crippen LogP contribution in [0.3, 0.4) is 0 Å². The van der Waals surface area contributed by atoms with Crippen LogP contribution in [0.4, 0.5) is 0 Å². The lowest BCUT2D eigenvalue weighted by Crippen LogP contribution is -2.10. The van der Waals surface area contributed by atoms with Crippen LogP contribution in [0, 0.1) is 0 Å². The average Bonchev–Trinajstić information content (AvgIpc) is 2.28. The van der Waals surface area contributed by atoms with E-state index in [4.69, 9.17) is 10.3 Å². The standard InChI is InChI=1S/C9H12O3S.C3H7N/c1-8(7-13(10,11)12)9-5-3-2-4-6-9;1-2-3-4/h2-6,8H,7H2,1H3,(H,10,11,12);2H,1,3-4H2. The van der Waals surface area contributed by atoms with Crippen LogP contribution in [0.5, 0.6) is 0 Å². The van der Waals surface area contributed by atoms with Crippen molar-refractivity contribution in [1.82, 2.24) is 0 Å². The van der Waals surface area contributed by atoms with E-state index in [2.05, 4.69) is 6.58 Å². The lowest BCUT2D eigenvalue weighted by Gasteiger charge is -2.08. The topological polar surface area (TPSA) is 80.4 Å². The molecule has 0 aliphatic carbocycles. The summed E-state index contributed by atoms with van der Waals surface area (Å²) in [4.78, 5) is 0. The smallest absolute Gasteiger partial charge is 0.265 e. The molecule has 0 amide bonds. The molecule has 0 spiro atoms. The highest BCUT2D eigenvalue weighted by molar-refractivity contribution is 7.85. The lowest BCUT2D eigenvalue weighted by molar-refractivity contribution is 0.479. The minimum Gasteiger partial charge on any atom is -0.327 e. The molecule has 5 heteroatoms. The first-order valence-electron chi connectivity index (χ1n) is 5.21. The first-order chi connectivity index (χ1) is 7.90. The van der Waals surface area contributed by atoms with Gasteiger partial charge in [0, 0.05) is 6.54 Å². The molecule has 0 aliphatic rings. The maximum atomic E-state index is 10.6. The third kappa shape index (κ3) is 8.62. The second kappa shape index (κ2) is 8.00. The van der Waals surface area contributed by atoms with Gasteiger partial charge in [0.2, 0.25) is 0 Å². The Bertz CT molecular complexity index is 415. The summed E-state index contributed by atoms with van der Waals surface area (Å²) >= 11 is 0. The monoisotopic (exact) mass is 257 g/mol. The van der Waals surface area contributed by atoms with Gasteiger partial charge < -0.3 is 5.73 Å². The molecule has 1 unspecified atom stereocenters. The van der Waals surface area contributed by atoms with Crippen molar-refractivity contribution in [2.45, 2.75) is 12.8 Å². The molecule has 1 atom stereocenters. The molecule has 1 aromatic rings. The Morgan fingerprint density at radius 2 is 1.88 bits per heavy atom. The minimum atomic E-state index is -3.87. The van der Waals surface area contributed by atoms with Crippen molar-refractivity contribution in [3.8, 4) is 0 Å². The molecule has 0 fully saturated rings. The fourth-order valence-corrected chi connectivity index (χ4v) is 2.02. The average molecular weight is 257 g/mol. The van der Waals surface area contributed by atoms with Crippen LogP contribution >= 0.6 is 0 Å². The summed E-state index contributed by atoms with van der Waals surface area (Å²) in [7, 11) is -3.87. The molecule has 0 heterocycles. The van der Waals surface area contributed by atoms with Crippen LogP contribution in [-0.2, 0) is 10.1 Å². The second-order valence-electron chi connectivity index (χ2n) is 3.58. The van der Waals surface area contributed by atoms with E-state index in [1.165, 1.54) is 0 Å². The van der Waals surface area contributed by atoms with Gasteiger partial charge in [-0.1, -0.05) is 43.3 Å². The summed E-state index contributed by atoms with van der Waals surface area (Å²) in [5.74, 6) is -0.395. The molecule has 3 N–H and O–H groups in total. The Hall–Kier alpha value is -1.17. The second-order valence-corrected chi connectivity index (χ2v) is 5.08. The van der Waals surface area contributed by atoms with Crippen molar-refractivity contribution in [1.29, 1.82) is 0 Å². The Labute approximate surface area is 103 Å². The zero-order chi connectivity index (χ0) is 13.3. The molecule has 0 saturated heterocycles. The van der Waals surface area contributed by atoms with Crippen molar-refractivity contribution in [3.63, 3.8) is 0 Å². The van der Waals surface area contributed by atoms with Crippen molar-refractivity contribution < 1.29 is 13.0 Å². The molecule has 4 nitrogen and oxygen atoms in total. The van der Waals surface area contributed by atoms with E-state index in [-0.39, 0.29) is 11.7 Å². The summed E-state index contributed by atoms with van der Waals surface area (Å²) in [5.41, 5.74) is 5.83. The van der Waals surface area contributed by atoms with Crippen LogP contribution in [0.15, 0.2) is 43.0 Å². The molecule has 1 rings (SSSR count). The summed E-state index contributed by atoms with van der Waals surface area (Å²) in [6.07, 6.45) is 1.65. The van der Waals surface area contributed by atoms with Gasteiger partial charge in [-0.05, 0) is 11.5 Å². The predicted molar refractivity (Wildman–Crippen MR) is 70.5 cm³/mol. The Morgan fingerprint density at radius 1 is 1.41 bits per heavy atom. The molecule has 0 aliphatic heterocycles. The van der Waals surface area contributed by atoms with Crippen molar-refractivity contribution >= 4 is 10.1 Å². The number of benzene rings is 1. The zero-order valence-electron chi connectivity index (χ0n) is 9.91. The van der Waals surface area contributed by atoms with E-state index in [0.29, 0.717) is 6.54 Å². The quantitative estimate of drug-likeness (QED) is 0.636. The molecule has 0 bridgehead atoms. The molecule has 17 heavy (non-hydrogen) atoms. The van der Waals surface area contributed by atoms with Crippen LogP contribution < -0.4 is 5.73 Å². The molecule has 0 aromatic heterocycles. The third-order valence-corrected chi connectivity index (χ3v) is 2.92. The fraction of sp³-hybridized carbons (Fsp3) is 0.333. The number of nitrogens with two attached hydrogens (primary N) is 1. The van der Waals surface area contributed by atoms with Gasteiger partial charge in [-0.15, -0.1) is 6.58 Å². The van der Waals surface area contributed by atoms with E-state index < -0.39 is 10.1 Å². The Kier molecular flexibility index (Phi) is 7.45. The third-order valence-electron chi connectivity index (χ3n) is 2.00. The predicted octanol–water partition coefficient (Wildman–Crippen LogP) is 1.81. The van der Waals surface area contributed by atoms with E-state index in [0.717, 1.165) is 5.56 Å². The van der Waals surface area contributed by atoms with Gasteiger partial charge in [0.05, 0.1) is 5.75 Å². The summed E-state index contributed by atoms with van der Waals surface area (Å²) in [6.45, 7) is 5.70. The van der Waals surface area contributed by atoms with Gasteiger partial charge in [0.1, 0.15) is 0 Å². The Morgan fingerprint density at radius 3 is 2.24 bits per heavy atom.